The predicted molar refractivity (Wildman–Crippen MR) is 65.1 cm³/mol. The minimum Gasteiger partial charge on any atom is -0.357 e. The summed E-state index contributed by atoms with van der Waals surface area (Å²) >= 11 is 0. The van der Waals surface area contributed by atoms with Gasteiger partial charge in [0.1, 0.15) is 15.4 Å². The topological polar surface area (TPSA) is 44.5 Å². The predicted octanol–water partition coefficient (Wildman–Crippen LogP) is 1.84. The summed E-state index contributed by atoms with van der Waals surface area (Å²) in [6.07, 6.45) is 1.14. The zero-order valence-electron chi connectivity index (χ0n) is 10.5. The number of hydrogen-bond donors (Lipinski definition) is 1. The van der Waals surface area contributed by atoms with E-state index in [1.807, 2.05) is 13.8 Å². The van der Waals surface area contributed by atoms with E-state index in [2.05, 4.69) is 13.8 Å². The number of rotatable bonds is 9. The molecule has 0 rings (SSSR count). The molecule has 0 aromatic carbocycles. The molecule has 0 fully saturated rings. The van der Waals surface area contributed by atoms with Crippen molar-refractivity contribution in [2.24, 2.45) is 11.1 Å². The maximum absolute atomic E-state index is 5.68. The maximum Gasteiger partial charge on any atom is 0.137 e. The van der Waals surface area contributed by atoms with Crippen molar-refractivity contribution in [3.8, 4) is 0 Å². The Hall–Kier alpha value is 0.0969. The van der Waals surface area contributed by atoms with Gasteiger partial charge in [-0.2, -0.15) is 0 Å². The van der Waals surface area contributed by atoms with Gasteiger partial charge < -0.3 is 15.2 Å². The van der Waals surface area contributed by atoms with Crippen LogP contribution in [0.3, 0.4) is 0 Å². The van der Waals surface area contributed by atoms with Gasteiger partial charge in [0.05, 0.1) is 0 Å². The summed E-state index contributed by atoms with van der Waals surface area (Å²) in [7, 11) is 0.714. The Morgan fingerprint density at radius 3 is 2.13 bits per heavy atom. The van der Waals surface area contributed by atoms with Crippen molar-refractivity contribution in [3.05, 3.63) is 0 Å². The lowest BCUT2D eigenvalue weighted by atomic mass is 9.91. The second-order valence-electron chi connectivity index (χ2n) is 4.32. The summed E-state index contributed by atoms with van der Waals surface area (Å²) in [4.78, 5) is 0. The molecule has 0 unspecified atom stereocenters. The van der Waals surface area contributed by atoms with E-state index in [1.165, 1.54) is 0 Å². The van der Waals surface area contributed by atoms with Gasteiger partial charge in [0, 0.05) is 13.2 Å². The lowest BCUT2D eigenvalue weighted by Gasteiger charge is -2.23. The van der Waals surface area contributed by atoms with Gasteiger partial charge in [0.2, 0.25) is 0 Å². The SMILES string of the molecule is CCOC(OCC)[Si]CCC(C)(C)CN. The Morgan fingerprint density at radius 1 is 1.20 bits per heavy atom. The monoisotopic (exact) mass is 231 g/mol. The Morgan fingerprint density at radius 2 is 1.73 bits per heavy atom. The molecule has 2 N–H and O–H groups in total. The Bertz CT molecular complexity index is 148. The first-order chi connectivity index (χ1) is 7.05. The lowest BCUT2D eigenvalue weighted by Crippen LogP contribution is -2.28. The average Bonchev–Trinajstić information content (AvgIpc) is 2.18. The van der Waals surface area contributed by atoms with Gasteiger partial charge in [-0.15, -0.1) is 0 Å². The standard InChI is InChI=1S/C11H25NO2Si/c1-5-13-10(14-6-2)15-8-7-11(3,4)9-12/h10H,5-9,12H2,1-4H3. The molecule has 0 aliphatic rings. The number of hydrogen-bond acceptors (Lipinski definition) is 3. The third-order valence-corrected chi connectivity index (χ3v) is 3.51. The van der Waals surface area contributed by atoms with Crippen molar-refractivity contribution in [1.82, 2.24) is 0 Å². The first-order valence-corrected chi connectivity index (χ1v) is 7.01. The van der Waals surface area contributed by atoms with Gasteiger partial charge in [-0.25, -0.2) is 0 Å². The van der Waals surface area contributed by atoms with Crippen molar-refractivity contribution in [2.45, 2.75) is 46.1 Å². The smallest absolute Gasteiger partial charge is 0.137 e. The van der Waals surface area contributed by atoms with Crippen LogP contribution in [0, 0.1) is 5.41 Å². The minimum atomic E-state index is -0.00595. The minimum absolute atomic E-state index is 0.00595. The Balaban J connectivity index is 3.69. The summed E-state index contributed by atoms with van der Waals surface area (Å²) in [5.74, 6) is -0.00595. The fourth-order valence-electron chi connectivity index (χ4n) is 1.10. The van der Waals surface area contributed by atoms with Crippen LogP contribution in [0.1, 0.15) is 34.1 Å². The second kappa shape index (κ2) is 8.27. The molecule has 0 aromatic heterocycles. The summed E-state index contributed by atoms with van der Waals surface area (Å²) in [6.45, 7) is 10.6. The van der Waals surface area contributed by atoms with Crippen LogP contribution in [-0.2, 0) is 9.47 Å². The molecule has 0 aliphatic heterocycles. The van der Waals surface area contributed by atoms with Gasteiger partial charge in [-0.1, -0.05) is 19.9 Å². The van der Waals surface area contributed by atoms with E-state index in [0.29, 0.717) is 9.52 Å². The number of ether oxygens (including phenoxy) is 2. The van der Waals surface area contributed by atoms with Gasteiger partial charge in [0.15, 0.2) is 0 Å². The molecule has 0 saturated heterocycles. The van der Waals surface area contributed by atoms with Crippen molar-refractivity contribution < 1.29 is 9.47 Å². The van der Waals surface area contributed by atoms with E-state index in [9.17, 15) is 0 Å². The summed E-state index contributed by atoms with van der Waals surface area (Å²) in [5, 5.41) is 0. The fourth-order valence-corrected chi connectivity index (χ4v) is 2.73. The van der Waals surface area contributed by atoms with Crippen LogP contribution in [0.15, 0.2) is 0 Å². The second-order valence-corrected chi connectivity index (χ2v) is 5.69. The van der Waals surface area contributed by atoms with E-state index in [-0.39, 0.29) is 11.3 Å². The highest BCUT2D eigenvalue weighted by atomic mass is 28.2. The molecule has 2 radical (unpaired) electrons. The van der Waals surface area contributed by atoms with Gasteiger partial charge in [-0.05, 0) is 32.2 Å². The summed E-state index contributed by atoms with van der Waals surface area (Å²) in [6, 6.07) is 1.13. The molecule has 0 bridgehead atoms. The normalized spacial score (nSPS) is 12.4. The molecule has 0 amide bonds. The van der Waals surface area contributed by atoms with Gasteiger partial charge in [0.25, 0.3) is 0 Å². The highest BCUT2D eigenvalue weighted by Gasteiger charge is 2.17. The van der Waals surface area contributed by atoms with Gasteiger partial charge >= 0.3 is 0 Å². The molecule has 4 heteroatoms. The molecule has 0 spiro atoms. The van der Waals surface area contributed by atoms with Crippen LogP contribution in [0.2, 0.25) is 6.04 Å². The van der Waals surface area contributed by atoms with E-state index >= 15 is 0 Å². The molecule has 0 atom stereocenters. The lowest BCUT2D eigenvalue weighted by molar-refractivity contribution is -0.0828. The maximum atomic E-state index is 5.68. The highest BCUT2D eigenvalue weighted by Crippen LogP contribution is 2.20. The van der Waals surface area contributed by atoms with Crippen LogP contribution in [0.5, 0.6) is 0 Å². The van der Waals surface area contributed by atoms with E-state index < -0.39 is 0 Å². The van der Waals surface area contributed by atoms with Crippen molar-refractivity contribution >= 4 is 9.52 Å². The van der Waals surface area contributed by atoms with Crippen molar-refractivity contribution in [1.29, 1.82) is 0 Å². The summed E-state index contributed by atoms with van der Waals surface area (Å²) in [5.41, 5.74) is 5.93. The molecule has 90 valence electrons. The van der Waals surface area contributed by atoms with E-state index in [0.717, 1.165) is 32.2 Å². The van der Waals surface area contributed by atoms with Crippen LogP contribution < -0.4 is 5.73 Å². The van der Waals surface area contributed by atoms with Gasteiger partial charge in [-0.3, -0.25) is 0 Å². The molecule has 15 heavy (non-hydrogen) atoms. The molecule has 0 saturated carbocycles. The van der Waals surface area contributed by atoms with E-state index in [1.54, 1.807) is 0 Å². The molecular formula is C11H25NO2Si. The fraction of sp³-hybridized carbons (Fsp3) is 1.00. The molecule has 0 heterocycles. The molecule has 0 aliphatic carbocycles. The first kappa shape index (κ1) is 15.1. The quantitative estimate of drug-likeness (QED) is 0.486. The zero-order valence-corrected chi connectivity index (χ0v) is 11.5. The first-order valence-electron chi connectivity index (χ1n) is 5.72. The van der Waals surface area contributed by atoms with Crippen molar-refractivity contribution in [3.63, 3.8) is 0 Å². The number of nitrogens with two attached hydrogens (primary N) is 1. The summed E-state index contributed by atoms with van der Waals surface area (Å²) < 4.78 is 11.0. The third kappa shape index (κ3) is 7.96. The Kier molecular flexibility index (Phi) is 8.33. The average molecular weight is 231 g/mol. The van der Waals surface area contributed by atoms with Crippen LogP contribution in [0.25, 0.3) is 0 Å². The van der Waals surface area contributed by atoms with Crippen LogP contribution in [0.4, 0.5) is 0 Å². The molecule has 3 nitrogen and oxygen atoms in total. The van der Waals surface area contributed by atoms with Crippen LogP contribution >= 0.6 is 0 Å². The molecular weight excluding hydrogens is 206 g/mol. The largest absolute Gasteiger partial charge is 0.357 e. The van der Waals surface area contributed by atoms with Crippen LogP contribution in [-0.4, -0.2) is 35.2 Å². The zero-order chi connectivity index (χ0) is 11.7. The highest BCUT2D eigenvalue weighted by molar-refractivity contribution is 6.36. The third-order valence-electron chi connectivity index (χ3n) is 2.30. The molecule has 0 aromatic rings. The van der Waals surface area contributed by atoms with Crippen molar-refractivity contribution in [2.75, 3.05) is 19.8 Å². The Labute approximate surface area is 96.5 Å². The van der Waals surface area contributed by atoms with E-state index in [4.69, 9.17) is 15.2 Å².